The third kappa shape index (κ3) is 3.94. The van der Waals surface area contributed by atoms with Crippen molar-refractivity contribution in [3.8, 4) is 17.2 Å². The van der Waals surface area contributed by atoms with Crippen molar-refractivity contribution in [3.63, 3.8) is 0 Å². The fraction of sp³-hybridized carbons (Fsp3) is 0.308. The SMILES string of the molecule is CSc1ccc(-c2ccc3n(c2=O)CC2CC3CN(Cc3cccc(C#N)c3)C2)cc1. The summed E-state index contributed by atoms with van der Waals surface area (Å²) >= 11 is 1.71. The van der Waals surface area contributed by atoms with Gasteiger partial charge in [-0.05, 0) is 66.1 Å². The number of likely N-dealkylation sites (tertiary alicyclic amines) is 1. The van der Waals surface area contributed by atoms with Gasteiger partial charge in [-0.15, -0.1) is 11.8 Å². The van der Waals surface area contributed by atoms with Gasteiger partial charge < -0.3 is 4.57 Å². The predicted octanol–water partition coefficient (Wildman–Crippen LogP) is 4.73. The summed E-state index contributed by atoms with van der Waals surface area (Å²) in [6.45, 7) is 3.59. The second-order valence-corrected chi connectivity index (χ2v) is 9.50. The largest absolute Gasteiger partial charge is 0.311 e. The molecule has 0 N–H and O–H groups in total. The van der Waals surface area contributed by atoms with Crippen molar-refractivity contribution in [1.29, 1.82) is 5.26 Å². The molecule has 2 bridgehead atoms. The summed E-state index contributed by atoms with van der Waals surface area (Å²) in [5, 5.41) is 9.17. The molecule has 0 saturated carbocycles. The minimum atomic E-state index is 0.138. The molecule has 4 nitrogen and oxygen atoms in total. The van der Waals surface area contributed by atoms with E-state index in [0.717, 1.165) is 43.7 Å². The summed E-state index contributed by atoms with van der Waals surface area (Å²) in [5.74, 6) is 0.865. The van der Waals surface area contributed by atoms with E-state index < -0.39 is 0 Å². The highest BCUT2D eigenvalue weighted by Gasteiger charge is 2.35. The van der Waals surface area contributed by atoms with Crippen LogP contribution in [0.3, 0.4) is 0 Å². The molecule has 31 heavy (non-hydrogen) atoms. The summed E-state index contributed by atoms with van der Waals surface area (Å²) in [4.78, 5) is 17.0. The molecule has 2 aromatic carbocycles. The Hall–Kier alpha value is -2.81. The van der Waals surface area contributed by atoms with Gasteiger partial charge in [0.05, 0.1) is 11.6 Å². The molecule has 2 aliphatic heterocycles. The number of hydrogen-bond acceptors (Lipinski definition) is 4. The van der Waals surface area contributed by atoms with Crippen molar-refractivity contribution in [2.24, 2.45) is 5.92 Å². The lowest BCUT2D eigenvalue weighted by atomic mass is 9.82. The number of nitriles is 1. The first-order chi connectivity index (χ1) is 15.1. The van der Waals surface area contributed by atoms with Crippen LogP contribution in [-0.2, 0) is 13.1 Å². The van der Waals surface area contributed by atoms with Crippen LogP contribution in [0.2, 0.25) is 0 Å². The number of fused-ring (bicyclic) bond motifs is 4. The lowest BCUT2D eigenvalue weighted by Crippen LogP contribution is -2.46. The molecule has 2 atom stereocenters. The third-order valence-corrected chi connectivity index (χ3v) is 7.29. The molecule has 3 heterocycles. The molecule has 1 aromatic heterocycles. The van der Waals surface area contributed by atoms with E-state index in [-0.39, 0.29) is 5.56 Å². The lowest BCUT2D eigenvalue weighted by molar-refractivity contribution is 0.114. The van der Waals surface area contributed by atoms with Gasteiger partial charge in [-0.3, -0.25) is 9.69 Å². The smallest absolute Gasteiger partial charge is 0.258 e. The topological polar surface area (TPSA) is 49.0 Å². The van der Waals surface area contributed by atoms with Crippen LogP contribution in [0.1, 0.15) is 29.2 Å². The number of hydrogen-bond donors (Lipinski definition) is 0. The van der Waals surface area contributed by atoms with Gasteiger partial charge in [0.25, 0.3) is 5.56 Å². The molecule has 5 rings (SSSR count). The van der Waals surface area contributed by atoms with Crippen molar-refractivity contribution in [2.45, 2.75) is 30.3 Å². The van der Waals surface area contributed by atoms with E-state index in [1.807, 2.05) is 28.8 Å². The Labute approximate surface area is 187 Å². The number of rotatable bonds is 4. The maximum Gasteiger partial charge on any atom is 0.258 e. The molecule has 0 radical (unpaired) electrons. The zero-order chi connectivity index (χ0) is 21.4. The molecular formula is C26H25N3OS. The Bertz CT molecular complexity index is 1210. The number of benzene rings is 2. The first-order valence-corrected chi connectivity index (χ1v) is 12.0. The van der Waals surface area contributed by atoms with Crippen molar-refractivity contribution < 1.29 is 0 Å². The Morgan fingerprint density at radius 2 is 1.90 bits per heavy atom. The van der Waals surface area contributed by atoms with Crippen LogP contribution in [0.15, 0.2) is 70.4 Å². The highest BCUT2D eigenvalue weighted by atomic mass is 32.2. The molecule has 156 valence electrons. The second kappa shape index (κ2) is 8.37. The third-order valence-electron chi connectivity index (χ3n) is 6.54. The van der Waals surface area contributed by atoms with E-state index in [1.165, 1.54) is 16.2 Å². The molecule has 5 heteroatoms. The van der Waals surface area contributed by atoms with Gasteiger partial charge in [-0.25, -0.2) is 0 Å². The quantitative estimate of drug-likeness (QED) is 0.565. The van der Waals surface area contributed by atoms with Crippen LogP contribution in [0, 0.1) is 17.2 Å². The van der Waals surface area contributed by atoms with Gasteiger partial charge in [0.2, 0.25) is 0 Å². The summed E-state index contributed by atoms with van der Waals surface area (Å²) in [6, 6.07) is 22.6. The van der Waals surface area contributed by atoms with E-state index in [0.29, 0.717) is 17.4 Å². The standard InChI is InChI=1S/C26H25N3OS/c1-31-23-7-5-21(6-8-23)24-9-10-25-22-12-20(16-29(25)26(24)30)15-28(17-22)14-19-4-2-3-18(11-19)13-27/h2-11,20,22H,12,14-17H2,1H3. The predicted molar refractivity (Wildman–Crippen MR) is 125 cm³/mol. The maximum absolute atomic E-state index is 13.4. The first-order valence-electron chi connectivity index (χ1n) is 10.7. The average Bonchev–Trinajstić information content (AvgIpc) is 2.80. The summed E-state index contributed by atoms with van der Waals surface area (Å²) in [7, 11) is 0. The van der Waals surface area contributed by atoms with Crippen LogP contribution < -0.4 is 5.56 Å². The molecule has 1 fully saturated rings. The van der Waals surface area contributed by atoms with Crippen LogP contribution in [0.25, 0.3) is 11.1 Å². The van der Waals surface area contributed by atoms with Crippen molar-refractivity contribution in [3.05, 3.63) is 87.8 Å². The fourth-order valence-corrected chi connectivity index (χ4v) is 5.57. The second-order valence-electron chi connectivity index (χ2n) is 8.62. The normalized spacial score (nSPS) is 20.1. The van der Waals surface area contributed by atoms with Gasteiger partial charge in [0.1, 0.15) is 0 Å². The molecule has 0 aliphatic carbocycles. The van der Waals surface area contributed by atoms with Crippen LogP contribution >= 0.6 is 11.8 Å². The van der Waals surface area contributed by atoms with Gasteiger partial charge in [-0.2, -0.15) is 5.26 Å². The lowest BCUT2D eigenvalue weighted by Gasteiger charge is -2.43. The van der Waals surface area contributed by atoms with Crippen molar-refractivity contribution in [2.75, 3.05) is 19.3 Å². The molecule has 0 spiro atoms. The number of nitrogens with zero attached hydrogens (tertiary/aromatic N) is 3. The zero-order valence-electron chi connectivity index (χ0n) is 17.6. The number of aromatic nitrogens is 1. The summed E-state index contributed by atoms with van der Waals surface area (Å²) in [6.07, 6.45) is 3.21. The van der Waals surface area contributed by atoms with Crippen molar-refractivity contribution in [1.82, 2.24) is 9.47 Å². The molecule has 2 unspecified atom stereocenters. The van der Waals surface area contributed by atoms with Gasteiger partial charge >= 0.3 is 0 Å². The zero-order valence-corrected chi connectivity index (χ0v) is 18.4. The maximum atomic E-state index is 13.4. The highest BCUT2D eigenvalue weighted by molar-refractivity contribution is 7.98. The molecule has 3 aromatic rings. The Kier molecular flexibility index (Phi) is 5.43. The van der Waals surface area contributed by atoms with E-state index in [2.05, 4.69) is 53.6 Å². The van der Waals surface area contributed by atoms with Gasteiger partial charge in [0.15, 0.2) is 0 Å². The Balaban J connectivity index is 1.40. The van der Waals surface area contributed by atoms with Gasteiger partial charge in [-0.1, -0.05) is 24.3 Å². The molecule has 1 saturated heterocycles. The molecule has 0 amide bonds. The van der Waals surface area contributed by atoms with Crippen LogP contribution in [0.5, 0.6) is 0 Å². The minimum Gasteiger partial charge on any atom is -0.311 e. The van der Waals surface area contributed by atoms with Crippen LogP contribution in [0.4, 0.5) is 0 Å². The Morgan fingerprint density at radius 3 is 2.68 bits per heavy atom. The molecular weight excluding hydrogens is 402 g/mol. The first kappa shape index (κ1) is 20.1. The molecule has 2 aliphatic rings. The van der Waals surface area contributed by atoms with E-state index >= 15 is 0 Å². The van der Waals surface area contributed by atoms with Gasteiger partial charge in [0, 0.05) is 48.2 Å². The number of pyridine rings is 1. The average molecular weight is 428 g/mol. The fourth-order valence-electron chi connectivity index (χ4n) is 5.16. The Morgan fingerprint density at radius 1 is 1.06 bits per heavy atom. The minimum absolute atomic E-state index is 0.138. The number of thioether (sulfide) groups is 1. The van der Waals surface area contributed by atoms with E-state index in [9.17, 15) is 4.79 Å². The highest BCUT2D eigenvalue weighted by Crippen LogP contribution is 2.36. The monoisotopic (exact) mass is 427 g/mol. The van der Waals surface area contributed by atoms with E-state index in [4.69, 9.17) is 5.26 Å². The van der Waals surface area contributed by atoms with Crippen LogP contribution in [-0.4, -0.2) is 28.8 Å². The number of piperidine rings is 1. The van der Waals surface area contributed by atoms with E-state index in [1.54, 1.807) is 11.8 Å². The summed E-state index contributed by atoms with van der Waals surface area (Å²) in [5.41, 5.74) is 4.99. The van der Waals surface area contributed by atoms with Crippen molar-refractivity contribution >= 4 is 11.8 Å². The summed E-state index contributed by atoms with van der Waals surface area (Å²) < 4.78 is 2.03.